The summed E-state index contributed by atoms with van der Waals surface area (Å²) < 4.78 is 0. The summed E-state index contributed by atoms with van der Waals surface area (Å²) >= 11 is 0. The third kappa shape index (κ3) is 6.85. The molecule has 0 radical (unpaired) electrons. The van der Waals surface area contributed by atoms with Crippen molar-refractivity contribution in [2.24, 2.45) is 5.92 Å². The van der Waals surface area contributed by atoms with Crippen molar-refractivity contribution in [3.8, 4) is 0 Å². The zero-order chi connectivity index (χ0) is 13.3. The highest BCUT2D eigenvalue weighted by molar-refractivity contribution is 4.79. The van der Waals surface area contributed by atoms with Gasteiger partial charge < -0.3 is 10.2 Å². The second-order valence-corrected chi connectivity index (χ2v) is 5.28. The molecule has 0 rings (SSSR count). The van der Waals surface area contributed by atoms with Gasteiger partial charge in [-0.2, -0.15) is 0 Å². The molecule has 1 N–H and O–H groups in total. The van der Waals surface area contributed by atoms with Crippen LogP contribution in [-0.2, 0) is 0 Å². The lowest BCUT2D eigenvalue weighted by Gasteiger charge is -2.32. The minimum absolute atomic E-state index is 0.588. The molecule has 0 fully saturated rings. The average molecular weight is 240 g/mol. The van der Waals surface area contributed by atoms with Gasteiger partial charge in [0.25, 0.3) is 0 Å². The highest BCUT2D eigenvalue weighted by Gasteiger charge is 2.20. The van der Waals surface area contributed by atoms with Crippen LogP contribution in [0.1, 0.15) is 46.5 Å². The molecule has 0 spiro atoms. The van der Waals surface area contributed by atoms with Crippen molar-refractivity contribution >= 4 is 0 Å². The van der Waals surface area contributed by atoms with Gasteiger partial charge in [0.2, 0.25) is 0 Å². The van der Waals surface area contributed by atoms with E-state index < -0.39 is 0 Å². The van der Waals surface area contributed by atoms with E-state index in [9.17, 15) is 0 Å². The summed E-state index contributed by atoms with van der Waals surface area (Å²) in [6, 6.07) is 1.24. The summed E-state index contributed by atoms with van der Waals surface area (Å²) in [5.41, 5.74) is 0. The molecule has 0 aliphatic heterocycles. The Balaban J connectivity index is 4.12. The summed E-state index contributed by atoms with van der Waals surface area (Å²) in [5.74, 6) is 0.795. The van der Waals surface area contributed by atoms with Gasteiger partial charge >= 0.3 is 0 Å². The molecule has 0 amide bonds. The first kappa shape index (κ1) is 16.7. The van der Waals surface area contributed by atoms with Crippen LogP contribution in [-0.4, -0.2) is 37.6 Å². The van der Waals surface area contributed by atoms with Crippen LogP contribution in [0.2, 0.25) is 0 Å². The normalized spacial score (nSPS) is 15.2. The SMILES string of the molecule is C=CCCC(C)NCC(C(CC)CC)N(C)C. The topological polar surface area (TPSA) is 15.3 Å². The molecule has 2 heteroatoms. The van der Waals surface area contributed by atoms with Gasteiger partial charge in [0.15, 0.2) is 0 Å². The smallest absolute Gasteiger partial charge is 0.0242 e. The van der Waals surface area contributed by atoms with Crippen LogP contribution in [0.4, 0.5) is 0 Å². The molecule has 0 bridgehead atoms. The maximum absolute atomic E-state index is 3.77. The van der Waals surface area contributed by atoms with Crippen LogP contribution >= 0.6 is 0 Å². The van der Waals surface area contributed by atoms with Crippen LogP contribution in [0, 0.1) is 5.92 Å². The number of nitrogens with zero attached hydrogens (tertiary/aromatic N) is 1. The standard InChI is InChI=1S/C15H32N2/c1-7-10-11-13(4)16-12-15(17(5)6)14(8-2)9-3/h7,13-16H,1,8-12H2,2-6H3. The fourth-order valence-corrected chi connectivity index (χ4v) is 2.40. The zero-order valence-electron chi connectivity index (χ0n) is 12.5. The van der Waals surface area contributed by atoms with Crippen molar-refractivity contribution < 1.29 is 0 Å². The van der Waals surface area contributed by atoms with E-state index in [2.05, 4.69) is 51.7 Å². The Hall–Kier alpha value is -0.340. The first-order valence-corrected chi connectivity index (χ1v) is 7.07. The lowest BCUT2D eigenvalue weighted by molar-refractivity contribution is 0.189. The van der Waals surface area contributed by atoms with Crippen LogP contribution < -0.4 is 5.32 Å². The zero-order valence-corrected chi connectivity index (χ0v) is 12.5. The molecule has 2 nitrogen and oxygen atoms in total. The van der Waals surface area contributed by atoms with Crippen LogP contribution in [0.3, 0.4) is 0 Å². The van der Waals surface area contributed by atoms with E-state index in [-0.39, 0.29) is 0 Å². The van der Waals surface area contributed by atoms with Crippen LogP contribution in [0.5, 0.6) is 0 Å². The van der Waals surface area contributed by atoms with E-state index in [0.29, 0.717) is 12.1 Å². The quantitative estimate of drug-likeness (QED) is 0.589. The van der Waals surface area contributed by atoms with E-state index in [4.69, 9.17) is 0 Å². The Kier molecular flexibility index (Phi) is 9.47. The molecule has 102 valence electrons. The molecule has 0 aromatic carbocycles. The molecule has 0 aliphatic rings. The number of allylic oxidation sites excluding steroid dienone is 1. The molecule has 0 aliphatic carbocycles. The number of rotatable bonds is 10. The van der Waals surface area contributed by atoms with Gasteiger partial charge in [-0.15, -0.1) is 6.58 Å². The maximum Gasteiger partial charge on any atom is 0.0242 e. The Morgan fingerprint density at radius 2 is 1.82 bits per heavy atom. The first-order valence-electron chi connectivity index (χ1n) is 7.07. The molecule has 0 heterocycles. The van der Waals surface area contributed by atoms with Crippen molar-refractivity contribution in [2.75, 3.05) is 20.6 Å². The van der Waals surface area contributed by atoms with Crippen molar-refractivity contribution in [3.63, 3.8) is 0 Å². The Morgan fingerprint density at radius 1 is 1.24 bits per heavy atom. The Labute approximate surface area is 108 Å². The molecule has 0 saturated heterocycles. The summed E-state index contributed by atoms with van der Waals surface area (Å²) in [6.45, 7) is 11.7. The predicted octanol–water partition coefficient (Wildman–Crippen LogP) is 3.30. The molecular formula is C15H32N2. The number of hydrogen-bond acceptors (Lipinski definition) is 2. The van der Waals surface area contributed by atoms with E-state index in [1.165, 1.54) is 19.3 Å². The molecule has 17 heavy (non-hydrogen) atoms. The molecule has 2 unspecified atom stereocenters. The third-order valence-corrected chi connectivity index (χ3v) is 3.74. The first-order chi connectivity index (χ1) is 8.06. The molecular weight excluding hydrogens is 208 g/mol. The number of hydrogen-bond donors (Lipinski definition) is 1. The van der Waals surface area contributed by atoms with Gasteiger partial charge in [-0.25, -0.2) is 0 Å². The minimum atomic E-state index is 0.588. The van der Waals surface area contributed by atoms with Gasteiger partial charge in [0.05, 0.1) is 0 Å². The number of nitrogens with one attached hydrogen (secondary N) is 1. The largest absolute Gasteiger partial charge is 0.313 e. The average Bonchev–Trinajstić information content (AvgIpc) is 2.31. The lowest BCUT2D eigenvalue weighted by atomic mass is 9.93. The van der Waals surface area contributed by atoms with Gasteiger partial charge in [-0.05, 0) is 39.8 Å². The predicted molar refractivity (Wildman–Crippen MR) is 78.4 cm³/mol. The Bertz CT molecular complexity index is 185. The monoisotopic (exact) mass is 240 g/mol. The van der Waals surface area contributed by atoms with Crippen molar-refractivity contribution in [1.29, 1.82) is 0 Å². The number of likely N-dealkylation sites (N-methyl/N-ethyl adjacent to an activating group) is 1. The second-order valence-electron chi connectivity index (χ2n) is 5.28. The fraction of sp³-hybridized carbons (Fsp3) is 0.867. The highest BCUT2D eigenvalue weighted by atomic mass is 15.1. The van der Waals surface area contributed by atoms with Gasteiger partial charge in [-0.3, -0.25) is 0 Å². The molecule has 2 atom stereocenters. The van der Waals surface area contributed by atoms with Crippen molar-refractivity contribution in [1.82, 2.24) is 10.2 Å². The summed E-state index contributed by atoms with van der Waals surface area (Å²) in [5, 5.41) is 3.66. The minimum Gasteiger partial charge on any atom is -0.313 e. The van der Waals surface area contributed by atoms with Gasteiger partial charge in [-0.1, -0.05) is 32.8 Å². The fourth-order valence-electron chi connectivity index (χ4n) is 2.40. The maximum atomic E-state index is 3.77. The van der Waals surface area contributed by atoms with Gasteiger partial charge in [0, 0.05) is 18.6 Å². The summed E-state index contributed by atoms with van der Waals surface area (Å²) in [7, 11) is 4.39. The summed E-state index contributed by atoms with van der Waals surface area (Å²) in [4.78, 5) is 2.37. The molecule has 0 aromatic heterocycles. The van der Waals surface area contributed by atoms with E-state index in [0.717, 1.165) is 18.9 Å². The van der Waals surface area contributed by atoms with E-state index in [1.807, 2.05) is 6.08 Å². The Morgan fingerprint density at radius 3 is 2.24 bits per heavy atom. The van der Waals surface area contributed by atoms with E-state index in [1.54, 1.807) is 0 Å². The molecule has 0 saturated carbocycles. The second kappa shape index (κ2) is 9.67. The summed E-state index contributed by atoms with van der Waals surface area (Å²) in [6.07, 6.45) is 6.82. The van der Waals surface area contributed by atoms with Crippen molar-refractivity contribution in [2.45, 2.75) is 58.5 Å². The van der Waals surface area contributed by atoms with Crippen LogP contribution in [0.25, 0.3) is 0 Å². The van der Waals surface area contributed by atoms with E-state index >= 15 is 0 Å². The van der Waals surface area contributed by atoms with Crippen LogP contribution in [0.15, 0.2) is 12.7 Å². The van der Waals surface area contributed by atoms with Gasteiger partial charge in [0.1, 0.15) is 0 Å². The van der Waals surface area contributed by atoms with Crippen molar-refractivity contribution in [3.05, 3.63) is 12.7 Å². The highest BCUT2D eigenvalue weighted by Crippen LogP contribution is 2.16. The lowest BCUT2D eigenvalue weighted by Crippen LogP contribution is -2.45. The molecule has 0 aromatic rings. The third-order valence-electron chi connectivity index (χ3n) is 3.74.